The van der Waals surface area contributed by atoms with Crippen molar-refractivity contribution in [1.29, 1.82) is 0 Å². The van der Waals surface area contributed by atoms with Gasteiger partial charge in [-0.25, -0.2) is 0 Å². The third kappa shape index (κ3) is 4.84. The van der Waals surface area contributed by atoms with Crippen molar-refractivity contribution < 1.29 is 18.3 Å². The fraction of sp³-hybridized carbons (Fsp3) is 1.00. The predicted octanol–water partition coefficient (Wildman–Crippen LogP) is 2.72. The first-order valence-corrected chi connectivity index (χ1v) is 6.15. The highest BCUT2D eigenvalue weighted by molar-refractivity contribution is 4.83. The Labute approximate surface area is 101 Å². The molecule has 0 amide bonds. The molecule has 1 aliphatic carbocycles. The van der Waals surface area contributed by atoms with Crippen molar-refractivity contribution in [1.82, 2.24) is 5.32 Å². The van der Waals surface area contributed by atoms with Crippen molar-refractivity contribution in [3.63, 3.8) is 0 Å². The van der Waals surface area contributed by atoms with Gasteiger partial charge >= 0.3 is 6.18 Å². The van der Waals surface area contributed by atoms with E-state index in [9.17, 15) is 13.2 Å². The summed E-state index contributed by atoms with van der Waals surface area (Å²) < 4.78 is 37.8. The van der Waals surface area contributed by atoms with Crippen LogP contribution in [0.3, 0.4) is 0 Å². The second kappa shape index (κ2) is 5.57. The summed E-state index contributed by atoms with van der Waals surface area (Å²) in [5.74, 6) is -1.16. The first-order valence-electron chi connectivity index (χ1n) is 6.15. The Kier molecular flexibility index (Phi) is 4.84. The maximum absolute atomic E-state index is 12.6. The smallest absolute Gasteiger partial charge is 0.391 e. The summed E-state index contributed by atoms with van der Waals surface area (Å²) in [5.41, 5.74) is -0.273. The van der Waals surface area contributed by atoms with Gasteiger partial charge in [-0.1, -0.05) is 20.3 Å². The van der Waals surface area contributed by atoms with Crippen molar-refractivity contribution in [2.45, 2.75) is 51.7 Å². The van der Waals surface area contributed by atoms with E-state index in [-0.39, 0.29) is 30.9 Å². The van der Waals surface area contributed by atoms with Gasteiger partial charge in [0.15, 0.2) is 0 Å². The first kappa shape index (κ1) is 14.8. The van der Waals surface area contributed by atoms with Gasteiger partial charge in [0, 0.05) is 24.6 Å². The molecule has 1 rings (SSSR count). The van der Waals surface area contributed by atoms with E-state index in [0.29, 0.717) is 13.0 Å². The van der Waals surface area contributed by atoms with Crippen molar-refractivity contribution in [2.75, 3.05) is 13.2 Å². The molecule has 1 aliphatic rings. The molecule has 1 fully saturated rings. The Hall–Kier alpha value is -0.290. The molecule has 2 atom stereocenters. The number of alkyl halides is 3. The van der Waals surface area contributed by atoms with Gasteiger partial charge in [0.2, 0.25) is 0 Å². The Morgan fingerprint density at radius 1 is 1.24 bits per heavy atom. The largest absolute Gasteiger partial charge is 0.396 e. The maximum atomic E-state index is 12.6. The van der Waals surface area contributed by atoms with Crippen LogP contribution in [0.4, 0.5) is 13.2 Å². The molecule has 0 saturated heterocycles. The number of nitrogens with one attached hydrogen (secondary N) is 1. The number of halogens is 3. The molecule has 2 nitrogen and oxygen atoms in total. The third-order valence-electron chi connectivity index (χ3n) is 3.43. The van der Waals surface area contributed by atoms with E-state index in [2.05, 4.69) is 5.32 Å². The van der Waals surface area contributed by atoms with Crippen LogP contribution in [0.15, 0.2) is 0 Å². The molecule has 0 spiro atoms. The van der Waals surface area contributed by atoms with Crippen LogP contribution in [0.5, 0.6) is 0 Å². The minimum atomic E-state index is -4.06. The molecule has 17 heavy (non-hydrogen) atoms. The van der Waals surface area contributed by atoms with Gasteiger partial charge in [-0.15, -0.1) is 0 Å². The summed E-state index contributed by atoms with van der Waals surface area (Å²) in [6, 6.07) is -0.0683. The highest BCUT2D eigenvalue weighted by atomic mass is 19.4. The summed E-state index contributed by atoms with van der Waals surface area (Å²) in [4.78, 5) is 0. The van der Waals surface area contributed by atoms with Gasteiger partial charge in [0.25, 0.3) is 0 Å². The lowest BCUT2D eigenvalue weighted by molar-refractivity contribution is -0.183. The average molecular weight is 253 g/mol. The summed E-state index contributed by atoms with van der Waals surface area (Å²) in [6.07, 6.45) is -2.21. The number of aliphatic hydroxyl groups excluding tert-OH is 1. The van der Waals surface area contributed by atoms with E-state index < -0.39 is 12.1 Å². The molecule has 0 aromatic heterocycles. The molecule has 0 aromatic carbocycles. The van der Waals surface area contributed by atoms with Crippen LogP contribution in [-0.2, 0) is 0 Å². The Morgan fingerprint density at radius 2 is 1.88 bits per heavy atom. The van der Waals surface area contributed by atoms with Crippen LogP contribution in [0, 0.1) is 11.3 Å². The highest BCUT2D eigenvalue weighted by Crippen LogP contribution is 2.37. The quantitative estimate of drug-likeness (QED) is 0.807. The molecule has 0 aromatic rings. The fourth-order valence-electron chi connectivity index (χ4n) is 2.15. The molecule has 2 N–H and O–H groups in total. The Bertz CT molecular complexity index is 240. The molecule has 0 heterocycles. The van der Waals surface area contributed by atoms with Crippen molar-refractivity contribution >= 4 is 0 Å². The minimum absolute atomic E-state index is 0.0371. The normalized spacial score (nSPS) is 27.2. The van der Waals surface area contributed by atoms with Crippen molar-refractivity contribution in [3.8, 4) is 0 Å². The molecule has 5 heteroatoms. The van der Waals surface area contributed by atoms with Crippen LogP contribution < -0.4 is 5.32 Å². The van der Waals surface area contributed by atoms with Gasteiger partial charge < -0.3 is 10.4 Å². The van der Waals surface area contributed by atoms with E-state index in [0.717, 1.165) is 6.42 Å². The lowest BCUT2D eigenvalue weighted by Crippen LogP contribution is -2.43. The van der Waals surface area contributed by atoms with Crippen molar-refractivity contribution in [2.24, 2.45) is 11.3 Å². The van der Waals surface area contributed by atoms with E-state index in [1.807, 2.05) is 13.8 Å². The van der Waals surface area contributed by atoms with Crippen LogP contribution in [0.25, 0.3) is 0 Å². The van der Waals surface area contributed by atoms with Gasteiger partial charge in [0.1, 0.15) is 0 Å². The van der Waals surface area contributed by atoms with Gasteiger partial charge in [-0.2, -0.15) is 13.2 Å². The molecule has 1 saturated carbocycles. The van der Waals surface area contributed by atoms with E-state index in [4.69, 9.17) is 5.11 Å². The lowest BCUT2D eigenvalue weighted by Gasteiger charge is -2.33. The van der Waals surface area contributed by atoms with Gasteiger partial charge in [-0.3, -0.25) is 0 Å². The van der Waals surface area contributed by atoms with Crippen LogP contribution in [-0.4, -0.2) is 30.5 Å². The van der Waals surface area contributed by atoms with Crippen LogP contribution in [0.2, 0.25) is 0 Å². The summed E-state index contributed by atoms with van der Waals surface area (Å²) in [5, 5.41) is 12.2. The molecule has 0 radical (unpaired) electrons. The number of aliphatic hydroxyl groups is 1. The zero-order chi connectivity index (χ0) is 13.1. The predicted molar refractivity (Wildman–Crippen MR) is 60.7 cm³/mol. The molecule has 2 unspecified atom stereocenters. The molecule has 0 bridgehead atoms. The van der Waals surface area contributed by atoms with E-state index in [1.54, 1.807) is 0 Å². The summed E-state index contributed by atoms with van der Waals surface area (Å²) in [6.45, 7) is 4.38. The second-order valence-electron chi connectivity index (χ2n) is 5.81. The van der Waals surface area contributed by atoms with E-state index >= 15 is 0 Å². The maximum Gasteiger partial charge on any atom is 0.391 e. The van der Waals surface area contributed by atoms with Crippen LogP contribution >= 0.6 is 0 Å². The second-order valence-corrected chi connectivity index (χ2v) is 5.81. The number of hydrogen-bond acceptors (Lipinski definition) is 2. The molecule has 102 valence electrons. The van der Waals surface area contributed by atoms with Crippen molar-refractivity contribution in [3.05, 3.63) is 0 Å². The minimum Gasteiger partial charge on any atom is -0.396 e. The Morgan fingerprint density at radius 3 is 2.41 bits per heavy atom. The van der Waals surface area contributed by atoms with Gasteiger partial charge in [0.05, 0.1) is 5.92 Å². The third-order valence-corrected chi connectivity index (χ3v) is 3.43. The summed E-state index contributed by atoms with van der Waals surface area (Å²) in [7, 11) is 0. The van der Waals surface area contributed by atoms with Crippen LogP contribution in [0.1, 0.15) is 39.5 Å². The Balaban J connectivity index is 2.40. The zero-order valence-corrected chi connectivity index (χ0v) is 10.5. The standard InChI is InChI=1S/C12H22F3NO/c1-11(2,8-17)7-16-10-5-3-4-9(6-10)12(13,14)15/h9-10,16-17H,3-8H2,1-2H3. The number of rotatable bonds is 4. The monoisotopic (exact) mass is 253 g/mol. The summed E-state index contributed by atoms with van der Waals surface area (Å²) >= 11 is 0. The van der Waals surface area contributed by atoms with E-state index in [1.165, 1.54) is 0 Å². The topological polar surface area (TPSA) is 32.3 Å². The average Bonchev–Trinajstić information content (AvgIpc) is 2.26. The zero-order valence-electron chi connectivity index (χ0n) is 10.5. The first-order chi connectivity index (χ1) is 7.74. The number of hydrogen-bond donors (Lipinski definition) is 2. The molecular formula is C12H22F3NO. The lowest BCUT2D eigenvalue weighted by atomic mass is 9.84. The highest BCUT2D eigenvalue weighted by Gasteiger charge is 2.42. The molecule has 0 aliphatic heterocycles. The SMILES string of the molecule is CC(C)(CO)CNC1CCCC(C(F)(F)F)C1. The molecular weight excluding hydrogens is 231 g/mol. The fourth-order valence-corrected chi connectivity index (χ4v) is 2.15. The van der Waals surface area contributed by atoms with Gasteiger partial charge in [-0.05, 0) is 19.3 Å².